The molecule has 1 aliphatic rings. The molecule has 0 aromatic heterocycles. The Morgan fingerprint density at radius 3 is 2.24 bits per heavy atom. The van der Waals surface area contributed by atoms with Gasteiger partial charge >= 0.3 is 6.09 Å². The molecule has 1 saturated heterocycles. The summed E-state index contributed by atoms with van der Waals surface area (Å²) >= 11 is 0. The Balaban J connectivity index is 1.85. The number of rotatable bonds is 8. The lowest BCUT2D eigenvalue weighted by atomic mass is 10.00. The molecule has 1 aliphatic heterocycles. The molecule has 3 rings (SSSR count). The highest BCUT2D eigenvalue weighted by Gasteiger charge is 2.46. The lowest BCUT2D eigenvalue weighted by molar-refractivity contribution is -0.126. The number of amides is 3. The van der Waals surface area contributed by atoms with E-state index in [-0.39, 0.29) is 36.0 Å². The summed E-state index contributed by atoms with van der Waals surface area (Å²) in [7, 11) is 0. The number of hydrogen-bond acceptors (Lipinski definition) is 4. The van der Waals surface area contributed by atoms with Gasteiger partial charge in [0.2, 0.25) is 11.8 Å². The molecular formula is C25H30FN3O4. The van der Waals surface area contributed by atoms with Gasteiger partial charge < -0.3 is 15.4 Å². The number of anilines is 1. The average molecular weight is 456 g/mol. The van der Waals surface area contributed by atoms with Gasteiger partial charge in [-0.1, -0.05) is 52.0 Å². The molecule has 0 spiro atoms. The zero-order valence-electron chi connectivity index (χ0n) is 19.3. The van der Waals surface area contributed by atoms with Crippen LogP contribution in [0.15, 0.2) is 48.5 Å². The molecule has 7 nitrogen and oxygen atoms in total. The summed E-state index contributed by atoms with van der Waals surface area (Å²) in [6.45, 7) is 8.14. The van der Waals surface area contributed by atoms with E-state index in [2.05, 4.69) is 10.6 Å². The van der Waals surface area contributed by atoms with E-state index in [1.54, 1.807) is 50.2 Å². The molecule has 33 heavy (non-hydrogen) atoms. The van der Waals surface area contributed by atoms with Gasteiger partial charge in [0, 0.05) is 18.2 Å². The van der Waals surface area contributed by atoms with Crippen LogP contribution in [0.4, 0.5) is 14.9 Å². The molecule has 0 saturated carbocycles. The number of hydrogen-bond donors (Lipinski definition) is 2. The molecule has 176 valence electrons. The van der Waals surface area contributed by atoms with Crippen LogP contribution in [0.5, 0.6) is 0 Å². The van der Waals surface area contributed by atoms with E-state index in [1.165, 1.54) is 17.0 Å². The Bertz CT molecular complexity index is 990. The fourth-order valence-corrected chi connectivity index (χ4v) is 3.45. The van der Waals surface area contributed by atoms with Crippen molar-refractivity contribution in [3.63, 3.8) is 0 Å². The number of halogens is 1. The van der Waals surface area contributed by atoms with Gasteiger partial charge in [-0.05, 0) is 41.3 Å². The maximum absolute atomic E-state index is 13.3. The molecule has 0 radical (unpaired) electrons. The lowest BCUT2D eigenvalue weighted by Gasteiger charge is -2.24. The molecule has 2 aromatic carbocycles. The van der Waals surface area contributed by atoms with Gasteiger partial charge in [0.25, 0.3) is 0 Å². The third-order valence-corrected chi connectivity index (χ3v) is 5.34. The van der Waals surface area contributed by atoms with Gasteiger partial charge in [-0.15, -0.1) is 0 Å². The van der Waals surface area contributed by atoms with Crippen molar-refractivity contribution in [1.29, 1.82) is 0 Å². The van der Waals surface area contributed by atoms with Crippen molar-refractivity contribution in [3.05, 3.63) is 65.5 Å². The summed E-state index contributed by atoms with van der Waals surface area (Å²) < 4.78 is 18.9. The average Bonchev–Trinajstić information content (AvgIpc) is 3.10. The third kappa shape index (κ3) is 6.09. The van der Waals surface area contributed by atoms with E-state index >= 15 is 0 Å². The van der Waals surface area contributed by atoms with Crippen molar-refractivity contribution in [2.75, 3.05) is 11.9 Å². The van der Waals surface area contributed by atoms with Crippen molar-refractivity contribution < 1.29 is 23.5 Å². The van der Waals surface area contributed by atoms with E-state index in [9.17, 15) is 18.8 Å². The number of carbonyl (C=O) groups excluding carboxylic acids is 3. The second kappa shape index (κ2) is 10.5. The first-order valence-electron chi connectivity index (χ1n) is 11.1. The first-order valence-corrected chi connectivity index (χ1v) is 11.1. The molecule has 1 fully saturated rings. The molecule has 3 amide bonds. The lowest BCUT2D eigenvalue weighted by Crippen LogP contribution is -2.47. The topological polar surface area (TPSA) is 87.7 Å². The predicted octanol–water partition coefficient (Wildman–Crippen LogP) is 4.25. The van der Waals surface area contributed by atoms with Crippen LogP contribution >= 0.6 is 0 Å². The second-order valence-electron chi connectivity index (χ2n) is 8.91. The number of carbonyl (C=O) groups is 3. The molecule has 1 heterocycles. The van der Waals surface area contributed by atoms with Gasteiger partial charge in [0.15, 0.2) is 12.1 Å². The Morgan fingerprint density at radius 1 is 1.03 bits per heavy atom. The summed E-state index contributed by atoms with van der Waals surface area (Å²) in [4.78, 5) is 39.2. The smallest absolute Gasteiger partial charge is 0.411 e. The van der Waals surface area contributed by atoms with E-state index in [1.807, 2.05) is 13.8 Å². The summed E-state index contributed by atoms with van der Waals surface area (Å²) in [5.74, 6) is -0.726. The van der Waals surface area contributed by atoms with Gasteiger partial charge in [-0.2, -0.15) is 0 Å². The molecule has 0 aliphatic carbocycles. The summed E-state index contributed by atoms with van der Waals surface area (Å²) in [5, 5.41) is 5.70. The molecule has 2 unspecified atom stereocenters. The number of ether oxygens (including phenoxy) is 1. The summed E-state index contributed by atoms with van der Waals surface area (Å²) in [6.07, 6.45) is -1.44. The molecule has 2 N–H and O–H groups in total. The highest BCUT2D eigenvalue weighted by molar-refractivity contribution is 5.92. The van der Waals surface area contributed by atoms with Crippen molar-refractivity contribution in [2.24, 2.45) is 11.8 Å². The minimum atomic E-state index is -0.891. The van der Waals surface area contributed by atoms with Crippen molar-refractivity contribution >= 4 is 23.6 Å². The van der Waals surface area contributed by atoms with Gasteiger partial charge in [0.1, 0.15) is 5.82 Å². The minimum absolute atomic E-state index is 0.105. The van der Waals surface area contributed by atoms with Crippen LogP contribution in [-0.2, 0) is 20.9 Å². The fourth-order valence-electron chi connectivity index (χ4n) is 3.45. The molecule has 0 bridgehead atoms. The van der Waals surface area contributed by atoms with Gasteiger partial charge in [-0.3, -0.25) is 14.5 Å². The number of nitrogens with one attached hydrogen (secondary N) is 2. The number of nitrogens with zero attached hydrogens (tertiary/aromatic N) is 1. The zero-order valence-corrected chi connectivity index (χ0v) is 19.3. The van der Waals surface area contributed by atoms with E-state index in [4.69, 9.17) is 4.74 Å². The van der Waals surface area contributed by atoms with Crippen LogP contribution in [0.25, 0.3) is 0 Å². The Hall–Kier alpha value is -3.42. The monoisotopic (exact) mass is 455 g/mol. The highest BCUT2D eigenvalue weighted by atomic mass is 19.1. The number of benzene rings is 2. The zero-order chi connectivity index (χ0) is 24.1. The quantitative estimate of drug-likeness (QED) is 0.623. The molecule has 8 heteroatoms. The van der Waals surface area contributed by atoms with Crippen molar-refractivity contribution in [1.82, 2.24) is 10.2 Å². The first kappa shape index (κ1) is 24.2. The van der Waals surface area contributed by atoms with E-state index in [0.29, 0.717) is 23.4 Å². The minimum Gasteiger partial charge on any atom is -0.438 e. The van der Waals surface area contributed by atoms with Crippen molar-refractivity contribution in [2.45, 2.75) is 46.4 Å². The van der Waals surface area contributed by atoms with E-state index < -0.39 is 18.2 Å². The molecular weight excluding hydrogens is 425 g/mol. The summed E-state index contributed by atoms with van der Waals surface area (Å²) in [5.41, 5.74) is 1.94. The van der Waals surface area contributed by atoms with Crippen LogP contribution in [0.3, 0.4) is 0 Å². The van der Waals surface area contributed by atoms with Gasteiger partial charge in [-0.25, -0.2) is 9.18 Å². The van der Waals surface area contributed by atoms with Crippen molar-refractivity contribution in [3.8, 4) is 0 Å². The first-order chi connectivity index (χ1) is 15.7. The van der Waals surface area contributed by atoms with E-state index in [0.717, 1.165) is 0 Å². The highest BCUT2D eigenvalue weighted by Crippen LogP contribution is 2.34. The SMILES string of the molecule is CC(C)CNC(=O)C1C(c2ccc(NC(=O)C(C)C)cc2)OC(=O)N1Cc1ccc(F)cc1. The Kier molecular flexibility index (Phi) is 7.68. The van der Waals surface area contributed by atoms with Crippen LogP contribution in [0.1, 0.15) is 44.9 Å². The van der Waals surface area contributed by atoms with Crippen LogP contribution in [0.2, 0.25) is 0 Å². The van der Waals surface area contributed by atoms with Crippen LogP contribution in [-0.4, -0.2) is 35.4 Å². The van der Waals surface area contributed by atoms with Crippen LogP contribution in [0, 0.1) is 17.7 Å². The normalized spacial score (nSPS) is 17.9. The largest absolute Gasteiger partial charge is 0.438 e. The fraction of sp³-hybridized carbons (Fsp3) is 0.400. The Morgan fingerprint density at radius 2 is 1.67 bits per heavy atom. The van der Waals surface area contributed by atoms with Crippen LogP contribution < -0.4 is 10.6 Å². The summed E-state index contributed by atoms with van der Waals surface area (Å²) in [6, 6.07) is 11.8. The maximum Gasteiger partial charge on any atom is 0.411 e. The number of cyclic esters (lactones) is 1. The second-order valence-corrected chi connectivity index (χ2v) is 8.91. The van der Waals surface area contributed by atoms with Gasteiger partial charge in [0.05, 0.1) is 6.54 Å². The molecule has 2 atom stereocenters. The predicted molar refractivity (Wildman–Crippen MR) is 123 cm³/mol. The standard InChI is InChI=1S/C25H30FN3O4/c1-15(2)13-27-24(31)21-22(18-7-11-20(12-8-18)28-23(30)16(3)4)33-25(32)29(21)14-17-5-9-19(26)10-6-17/h5-12,15-16,21-22H,13-14H2,1-4H3,(H,27,31)(H,28,30). The third-order valence-electron chi connectivity index (χ3n) is 5.34. The molecule has 2 aromatic rings. The Labute approximate surface area is 193 Å². The maximum atomic E-state index is 13.3.